The summed E-state index contributed by atoms with van der Waals surface area (Å²) in [6.45, 7) is 1.33. The molecule has 0 aromatic heterocycles. The number of halogens is 2. The summed E-state index contributed by atoms with van der Waals surface area (Å²) in [7, 11) is -3.97. The highest BCUT2D eigenvalue weighted by molar-refractivity contribution is 9.10. The van der Waals surface area contributed by atoms with Gasteiger partial charge in [-0.3, -0.25) is 4.72 Å². The van der Waals surface area contributed by atoms with Gasteiger partial charge in [-0.25, -0.2) is 12.8 Å². The molecule has 0 saturated carbocycles. The molecule has 21 heavy (non-hydrogen) atoms. The minimum Gasteiger partial charge on any atom is -0.392 e. The van der Waals surface area contributed by atoms with Crippen molar-refractivity contribution < 1.29 is 17.9 Å². The van der Waals surface area contributed by atoms with Crippen molar-refractivity contribution in [3.8, 4) is 0 Å². The Morgan fingerprint density at radius 3 is 2.62 bits per heavy atom. The van der Waals surface area contributed by atoms with E-state index in [1.54, 1.807) is 19.1 Å². The van der Waals surface area contributed by atoms with Gasteiger partial charge in [0.2, 0.25) is 0 Å². The monoisotopic (exact) mass is 373 g/mol. The molecule has 0 aliphatic carbocycles. The zero-order valence-corrected chi connectivity index (χ0v) is 13.5. The van der Waals surface area contributed by atoms with E-state index in [2.05, 4.69) is 20.7 Å². The lowest BCUT2D eigenvalue weighted by molar-refractivity contribution is 0.281. The Bertz CT molecular complexity index is 758. The van der Waals surface area contributed by atoms with Crippen LogP contribution in [0.15, 0.2) is 45.8 Å². The maximum Gasteiger partial charge on any atom is 0.263 e. The van der Waals surface area contributed by atoms with Crippen LogP contribution in [-0.4, -0.2) is 13.5 Å². The molecule has 0 aliphatic rings. The fourth-order valence-electron chi connectivity index (χ4n) is 1.80. The van der Waals surface area contributed by atoms with Gasteiger partial charge in [-0.1, -0.05) is 18.2 Å². The molecule has 2 aromatic carbocycles. The van der Waals surface area contributed by atoms with E-state index in [1.807, 2.05) is 0 Å². The van der Waals surface area contributed by atoms with Crippen LogP contribution < -0.4 is 4.72 Å². The van der Waals surface area contributed by atoms with Crippen molar-refractivity contribution >= 4 is 31.6 Å². The highest BCUT2D eigenvalue weighted by atomic mass is 79.9. The second-order valence-corrected chi connectivity index (χ2v) is 6.97. The summed E-state index contributed by atoms with van der Waals surface area (Å²) >= 11 is 3.15. The third-order valence-corrected chi connectivity index (χ3v) is 5.27. The number of aliphatic hydroxyl groups is 1. The van der Waals surface area contributed by atoms with Gasteiger partial charge in [-0.05, 0) is 52.2 Å². The highest BCUT2D eigenvalue weighted by Gasteiger charge is 2.20. The molecule has 0 saturated heterocycles. The Morgan fingerprint density at radius 1 is 1.29 bits per heavy atom. The molecular formula is C14H13BrFNO3S. The van der Waals surface area contributed by atoms with Gasteiger partial charge in [-0.15, -0.1) is 0 Å². The lowest BCUT2D eigenvalue weighted by atomic mass is 10.2. The fraction of sp³-hybridized carbons (Fsp3) is 0.143. The molecule has 2 aromatic rings. The molecule has 2 N–H and O–H groups in total. The van der Waals surface area contributed by atoms with Crippen LogP contribution >= 0.6 is 15.9 Å². The first-order chi connectivity index (χ1) is 9.85. The number of para-hydroxylation sites is 1. The number of hydrogen-bond acceptors (Lipinski definition) is 3. The molecule has 0 aliphatic heterocycles. The quantitative estimate of drug-likeness (QED) is 0.864. The lowest BCUT2D eigenvalue weighted by Gasteiger charge is -2.13. The van der Waals surface area contributed by atoms with E-state index in [-0.39, 0.29) is 17.2 Å². The third-order valence-electron chi connectivity index (χ3n) is 2.93. The van der Waals surface area contributed by atoms with Crippen LogP contribution in [-0.2, 0) is 16.6 Å². The number of hydrogen-bond donors (Lipinski definition) is 2. The van der Waals surface area contributed by atoms with E-state index in [1.165, 1.54) is 24.3 Å². The largest absolute Gasteiger partial charge is 0.392 e. The standard InChI is InChI=1S/C14H13BrFNO3S/c1-9-3-2-4-12(16)14(9)17-21(19,20)13-7-10(8-18)5-6-11(13)15/h2-7,17-18H,8H2,1H3. The van der Waals surface area contributed by atoms with Gasteiger partial charge in [0, 0.05) is 4.47 Å². The van der Waals surface area contributed by atoms with E-state index in [9.17, 15) is 12.8 Å². The maximum absolute atomic E-state index is 13.8. The van der Waals surface area contributed by atoms with Gasteiger partial charge < -0.3 is 5.11 Å². The van der Waals surface area contributed by atoms with Crippen LogP contribution in [0.1, 0.15) is 11.1 Å². The maximum atomic E-state index is 13.8. The van der Waals surface area contributed by atoms with E-state index < -0.39 is 15.8 Å². The number of nitrogens with one attached hydrogen (secondary N) is 1. The summed E-state index contributed by atoms with van der Waals surface area (Å²) in [5, 5.41) is 9.11. The molecule has 0 heterocycles. The molecule has 0 spiro atoms. The summed E-state index contributed by atoms with van der Waals surface area (Å²) in [6, 6.07) is 8.75. The van der Waals surface area contributed by atoms with E-state index in [0.717, 1.165) is 0 Å². The third kappa shape index (κ3) is 3.42. The van der Waals surface area contributed by atoms with Gasteiger partial charge in [0.1, 0.15) is 10.7 Å². The zero-order valence-electron chi connectivity index (χ0n) is 11.1. The van der Waals surface area contributed by atoms with E-state index >= 15 is 0 Å². The van der Waals surface area contributed by atoms with Gasteiger partial charge in [0.05, 0.1) is 12.3 Å². The summed E-state index contributed by atoms with van der Waals surface area (Å²) in [5.41, 5.74) is 0.843. The van der Waals surface area contributed by atoms with E-state index in [4.69, 9.17) is 5.11 Å². The van der Waals surface area contributed by atoms with Gasteiger partial charge in [0.25, 0.3) is 10.0 Å². The van der Waals surface area contributed by atoms with Gasteiger partial charge >= 0.3 is 0 Å². The molecular weight excluding hydrogens is 361 g/mol. The predicted molar refractivity (Wildman–Crippen MR) is 82.0 cm³/mol. The Morgan fingerprint density at radius 2 is 2.00 bits per heavy atom. The number of aliphatic hydroxyl groups excluding tert-OH is 1. The van der Waals surface area contributed by atoms with Crippen molar-refractivity contribution in [1.82, 2.24) is 0 Å². The Kier molecular flexibility index (Phi) is 4.65. The fourth-order valence-corrected chi connectivity index (χ4v) is 3.96. The van der Waals surface area contributed by atoms with Crippen molar-refractivity contribution in [2.75, 3.05) is 4.72 Å². The Balaban J connectivity index is 2.48. The first kappa shape index (κ1) is 15.9. The minimum absolute atomic E-state index is 0.0586. The van der Waals surface area contributed by atoms with Crippen molar-refractivity contribution in [3.63, 3.8) is 0 Å². The Hall–Kier alpha value is -1.44. The molecule has 4 nitrogen and oxygen atoms in total. The predicted octanol–water partition coefficient (Wildman–Crippen LogP) is 3.19. The van der Waals surface area contributed by atoms with Crippen molar-refractivity contribution in [1.29, 1.82) is 0 Å². The minimum atomic E-state index is -3.97. The van der Waals surface area contributed by atoms with Gasteiger partial charge in [0.15, 0.2) is 0 Å². The van der Waals surface area contributed by atoms with Crippen LogP contribution in [0.25, 0.3) is 0 Å². The van der Waals surface area contributed by atoms with Crippen molar-refractivity contribution in [3.05, 3.63) is 57.8 Å². The molecule has 0 amide bonds. The summed E-state index contributed by atoms with van der Waals surface area (Å²) < 4.78 is 41.2. The topological polar surface area (TPSA) is 66.4 Å². The SMILES string of the molecule is Cc1cccc(F)c1NS(=O)(=O)c1cc(CO)ccc1Br. The molecule has 0 fully saturated rings. The first-order valence-electron chi connectivity index (χ1n) is 6.02. The molecule has 0 atom stereocenters. The van der Waals surface area contributed by atoms with Crippen LogP contribution in [0, 0.1) is 12.7 Å². The number of benzene rings is 2. The summed E-state index contributed by atoms with van der Waals surface area (Å²) in [4.78, 5) is -0.0586. The molecule has 0 bridgehead atoms. The number of sulfonamides is 1. The van der Waals surface area contributed by atoms with Crippen LogP contribution in [0.5, 0.6) is 0 Å². The van der Waals surface area contributed by atoms with Crippen LogP contribution in [0.2, 0.25) is 0 Å². The van der Waals surface area contributed by atoms with Crippen molar-refractivity contribution in [2.45, 2.75) is 18.4 Å². The number of anilines is 1. The lowest BCUT2D eigenvalue weighted by Crippen LogP contribution is -2.15. The van der Waals surface area contributed by atoms with Crippen LogP contribution in [0.3, 0.4) is 0 Å². The number of aryl methyl sites for hydroxylation is 1. The second kappa shape index (κ2) is 6.13. The Labute approximate surface area is 130 Å². The average molecular weight is 374 g/mol. The zero-order chi connectivity index (χ0) is 15.6. The highest BCUT2D eigenvalue weighted by Crippen LogP contribution is 2.27. The second-order valence-electron chi connectivity index (χ2n) is 4.46. The summed E-state index contributed by atoms with van der Waals surface area (Å²) in [5.74, 6) is -0.645. The van der Waals surface area contributed by atoms with Crippen molar-refractivity contribution in [2.24, 2.45) is 0 Å². The molecule has 2 rings (SSSR count). The van der Waals surface area contributed by atoms with Gasteiger partial charge in [-0.2, -0.15) is 0 Å². The molecule has 7 heteroatoms. The van der Waals surface area contributed by atoms with Crippen LogP contribution in [0.4, 0.5) is 10.1 Å². The molecule has 0 unspecified atom stereocenters. The first-order valence-corrected chi connectivity index (χ1v) is 8.30. The number of rotatable bonds is 4. The molecule has 112 valence electrons. The smallest absolute Gasteiger partial charge is 0.263 e. The molecule has 0 radical (unpaired) electrons. The van der Waals surface area contributed by atoms with E-state index in [0.29, 0.717) is 15.6 Å². The summed E-state index contributed by atoms with van der Waals surface area (Å²) in [6.07, 6.45) is 0. The normalized spacial score (nSPS) is 11.4. The average Bonchev–Trinajstić information content (AvgIpc) is 2.43.